The van der Waals surface area contributed by atoms with E-state index < -0.39 is 0 Å². The maximum Gasteiger partial charge on any atom is 0.260 e. The van der Waals surface area contributed by atoms with Crippen molar-refractivity contribution in [2.45, 2.75) is 44.1 Å². The van der Waals surface area contributed by atoms with Gasteiger partial charge in [0.25, 0.3) is 5.56 Å². The highest BCUT2D eigenvalue weighted by Gasteiger charge is 2.32. The molecule has 2 aromatic heterocycles. The van der Waals surface area contributed by atoms with Crippen molar-refractivity contribution in [1.82, 2.24) is 9.97 Å². The van der Waals surface area contributed by atoms with E-state index in [0.717, 1.165) is 39.3 Å². The Labute approximate surface area is 131 Å². The van der Waals surface area contributed by atoms with Crippen LogP contribution >= 0.6 is 23.1 Å². The van der Waals surface area contributed by atoms with Gasteiger partial charge in [-0.05, 0) is 18.9 Å². The van der Waals surface area contributed by atoms with Crippen molar-refractivity contribution < 1.29 is 4.74 Å². The number of thioether (sulfide) groups is 1. The third-order valence-corrected chi connectivity index (χ3v) is 5.88. The highest BCUT2D eigenvalue weighted by Crippen LogP contribution is 2.38. The molecule has 3 rings (SSSR count). The normalized spacial score (nSPS) is 21.4. The van der Waals surface area contributed by atoms with E-state index in [1.165, 1.54) is 11.8 Å². The van der Waals surface area contributed by atoms with Crippen LogP contribution in [-0.4, -0.2) is 21.3 Å². The van der Waals surface area contributed by atoms with E-state index in [9.17, 15) is 4.79 Å². The van der Waals surface area contributed by atoms with Crippen LogP contribution in [0.5, 0.6) is 0 Å². The Kier molecular flexibility index (Phi) is 3.94. The van der Waals surface area contributed by atoms with Crippen LogP contribution < -0.4 is 5.56 Å². The van der Waals surface area contributed by atoms with E-state index >= 15 is 0 Å². The Morgan fingerprint density at radius 2 is 2.43 bits per heavy atom. The Morgan fingerprint density at radius 3 is 3.14 bits per heavy atom. The number of aromatic nitrogens is 2. The van der Waals surface area contributed by atoms with Crippen LogP contribution in [0.4, 0.5) is 0 Å². The number of H-pyrrole nitrogens is 1. The molecular formula is C15H18N2O2S2. The molecule has 1 atom stereocenters. The van der Waals surface area contributed by atoms with Crippen molar-refractivity contribution in [3.05, 3.63) is 33.4 Å². The minimum Gasteiger partial charge on any atom is -0.369 e. The largest absolute Gasteiger partial charge is 0.369 e. The molecule has 0 fully saturated rings. The summed E-state index contributed by atoms with van der Waals surface area (Å²) in [5.74, 6) is 0.733. The average Bonchev–Trinajstić information content (AvgIpc) is 2.83. The molecule has 0 bridgehead atoms. The van der Waals surface area contributed by atoms with E-state index in [1.807, 2.05) is 0 Å². The summed E-state index contributed by atoms with van der Waals surface area (Å²) in [4.78, 5) is 21.8. The van der Waals surface area contributed by atoms with Crippen LogP contribution in [0.2, 0.25) is 0 Å². The van der Waals surface area contributed by atoms with Gasteiger partial charge in [-0.15, -0.1) is 17.9 Å². The quantitative estimate of drug-likeness (QED) is 0.532. The lowest BCUT2D eigenvalue weighted by Gasteiger charge is -2.32. The number of rotatable bonds is 4. The Bertz CT molecular complexity index is 750. The van der Waals surface area contributed by atoms with E-state index in [4.69, 9.17) is 4.74 Å². The van der Waals surface area contributed by atoms with Gasteiger partial charge in [0, 0.05) is 17.1 Å². The highest BCUT2D eigenvalue weighted by atomic mass is 32.2. The fraction of sp³-hybridized carbons (Fsp3) is 0.467. The molecule has 2 aromatic rings. The minimum absolute atomic E-state index is 0.0376. The zero-order valence-corrected chi connectivity index (χ0v) is 13.8. The summed E-state index contributed by atoms with van der Waals surface area (Å²) in [6, 6.07) is 0. The molecule has 6 heteroatoms. The molecule has 4 nitrogen and oxygen atoms in total. The first kappa shape index (κ1) is 14.8. The van der Waals surface area contributed by atoms with Gasteiger partial charge in [-0.1, -0.05) is 24.8 Å². The van der Waals surface area contributed by atoms with Crippen LogP contribution in [-0.2, 0) is 17.8 Å². The van der Waals surface area contributed by atoms with Crippen molar-refractivity contribution >= 4 is 33.3 Å². The third kappa shape index (κ3) is 2.67. The number of thiophene rings is 1. The molecule has 112 valence electrons. The molecule has 0 spiro atoms. The molecule has 3 heterocycles. The maximum atomic E-state index is 12.4. The monoisotopic (exact) mass is 322 g/mol. The standard InChI is InChI=1S/C15H18N2O2S2/c1-4-6-20-14-16-12(18)11-9-7-15(3,5-2)19-8-10(9)21-13(11)17-14/h4H,1,5-8H2,2-3H3,(H,16,17,18)/t15-/m0/s1. The lowest BCUT2D eigenvalue weighted by Crippen LogP contribution is -2.34. The SMILES string of the molecule is C=CCSc1nc2sc3c(c2c(=O)[nH]1)C[C@](C)(CC)OC3. The van der Waals surface area contributed by atoms with Crippen molar-refractivity contribution in [2.75, 3.05) is 5.75 Å². The Morgan fingerprint density at radius 1 is 1.62 bits per heavy atom. The maximum absolute atomic E-state index is 12.4. The molecule has 0 aliphatic carbocycles. The molecule has 0 amide bonds. The fourth-order valence-electron chi connectivity index (χ4n) is 2.49. The lowest BCUT2D eigenvalue weighted by molar-refractivity contribution is -0.0543. The second kappa shape index (κ2) is 5.59. The molecule has 0 radical (unpaired) electrons. The first-order chi connectivity index (χ1) is 10.1. The van der Waals surface area contributed by atoms with Gasteiger partial charge in [-0.3, -0.25) is 4.79 Å². The number of hydrogen-bond acceptors (Lipinski definition) is 5. The van der Waals surface area contributed by atoms with Crippen molar-refractivity contribution in [3.8, 4) is 0 Å². The van der Waals surface area contributed by atoms with Crippen LogP contribution in [0, 0.1) is 0 Å². The zero-order valence-electron chi connectivity index (χ0n) is 12.2. The van der Waals surface area contributed by atoms with Gasteiger partial charge in [0.1, 0.15) is 4.83 Å². The Balaban J connectivity index is 2.09. The van der Waals surface area contributed by atoms with Crippen LogP contribution in [0.3, 0.4) is 0 Å². The van der Waals surface area contributed by atoms with Crippen LogP contribution in [0.15, 0.2) is 22.6 Å². The predicted octanol–water partition coefficient (Wildman–Crippen LogP) is 3.50. The number of fused-ring (bicyclic) bond motifs is 3. The van der Waals surface area contributed by atoms with Crippen molar-refractivity contribution in [1.29, 1.82) is 0 Å². The summed E-state index contributed by atoms with van der Waals surface area (Å²) >= 11 is 3.07. The number of nitrogens with one attached hydrogen (secondary N) is 1. The molecule has 1 aliphatic heterocycles. The number of hydrogen-bond donors (Lipinski definition) is 1. The van der Waals surface area contributed by atoms with E-state index in [-0.39, 0.29) is 11.2 Å². The summed E-state index contributed by atoms with van der Waals surface area (Å²) in [5.41, 5.74) is 0.910. The average molecular weight is 322 g/mol. The summed E-state index contributed by atoms with van der Waals surface area (Å²) < 4.78 is 5.96. The molecule has 21 heavy (non-hydrogen) atoms. The second-order valence-electron chi connectivity index (χ2n) is 5.42. The first-order valence-corrected chi connectivity index (χ1v) is 8.79. The molecular weight excluding hydrogens is 304 g/mol. The topological polar surface area (TPSA) is 55.0 Å². The molecule has 0 saturated heterocycles. The summed E-state index contributed by atoms with van der Waals surface area (Å²) in [5, 5.41) is 1.41. The van der Waals surface area contributed by atoms with Crippen molar-refractivity contribution in [2.24, 2.45) is 0 Å². The molecule has 1 aliphatic rings. The number of ether oxygens (including phenoxy) is 1. The van der Waals surface area contributed by atoms with E-state index in [2.05, 4.69) is 30.4 Å². The minimum atomic E-state index is -0.177. The Hall–Kier alpha value is -1.11. The van der Waals surface area contributed by atoms with Gasteiger partial charge in [0.15, 0.2) is 5.16 Å². The summed E-state index contributed by atoms with van der Waals surface area (Å²) in [6.07, 6.45) is 3.51. The molecule has 0 aromatic carbocycles. The van der Waals surface area contributed by atoms with E-state index in [1.54, 1.807) is 17.4 Å². The lowest BCUT2D eigenvalue weighted by atomic mass is 9.90. The van der Waals surface area contributed by atoms with Crippen LogP contribution in [0.25, 0.3) is 10.2 Å². The number of nitrogens with zero attached hydrogens (tertiary/aromatic N) is 1. The van der Waals surface area contributed by atoms with Gasteiger partial charge in [0.2, 0.25) is 0 Å². The van der Waals surface area contributed by atoms with Crippen molar-refractivity contribution in [3.63, 3.8) is 0 Å². The van der Waals surface area contributed by atoms with Gasteiger partial charge < -0.3 is 9.72 Å². The first-order valence-electron chi connectivity index (χ1n) is 6.98. The number of aromatic amines is 1. The molecule has 0 saturated carbocycles. The zero-order chi connectivity index (χ0) is 15.0. The fourth-order valence-corrected chi connectivity index (χ4v) is 4.25. The van der Waals surface area contributed by atoms with Crippen LogP contribution in [0.1, 0.15) is 30.7 Å². The van der Waals surface area contributed by atoms with Gasteiger partial charge in [-0.2, -0.15) is 0 Å². The second-order valence-corrected chi connectivity index (χ2v) is 7.52. The van der Waals surface area contributed by atoms with E-state index in [0.29, 0.717) is 11.8 Å². The molecule has 0 unspecified atom stereocenters. The smallest absolute Gasteiger partial charge is 0.260 e. The highest BCUT2D eigenvalue weighted by molar-refractivity contribution is 7.99. The summed E-state index contributed by atoms with van der Waals surface area (Å²) in [6.45, 7) is 8.49. The summed E-state index contributed by atoms with van der Waals surface area (Å²) in [7, 11) is 0. The predicted molar refractivity (Wildman–Crippen MR) is 88.4 cm³/mol. The van der Waals surface area contributed by atoms with Gasteiger partial charge in [0.05, 0.1) is 17.6 Å². The third-order valence-electron chi connectivity index (χ3n) is 3.91. The van der Waals surface area contributed by atoms with Gasteiger partial charge in [-0.25, -0.2) is 4.98 Å². The molecule has 1 N–H and O–H groups in total. The van der Waals surface area contributed by atoms with Gasteiger partial charge >= 0.3 is 0 Å².